The molecule has 108 valence electrons. The van der Waals surface area contributed by atoms with Crippen LogP contribution in [-0.2, 0) is 9.59 Å². The van der Waals surface area contributed by atoms with E-state index in [1.54, 1.807) is 0 Å². The molecule has 0 bridgehead atoms. The minimum absolute atomic E-state index is 0.234. The predicted molar refractivity (Wildman–Crippen MR) is 67.2 cm³/mol. The Morgan fingerprint density at radius 1 is 1.40 bits per heavy atom. The van der Waals surface area contributed by atoms with E-state index in [0.29, 0.717) is 0 Å². The number of rotatable bonds is 6. The first-order valence-corrected chi connectivity index (χ1v) is 5.55. The molecule has 0 saturated carbocycles. The van der Waals surface area contributed by atoms with Gasteiger partial charge in [0.15, 0.2) is 0 Å². The summed E-state index contributed by atoms with van der Waals surface area (Å²) in [7, 11) is 0. The molecule has 1 amide bonds. The van der Waals surface area contributed by atoms with Gasteiger partial charge >= 0.3 is 5.97 Å². The van der Waals surface area contributed by atoms with Crippen LogP contribution in [-0.4, -0.2) is 35.0 Å². The molecular weight excluding hydrogens is 297 g/mol. The molecule has 0 spiro atoms. The summed E-state index contributed by atoms with van der Waals surface area (Å²) < 4.78 is 13.2. The molecule has 0 aliphatic rings. The minimum atomic E-state index is -1.23. The smallest absolute Gasteiger partial charge is 0.322 e. The van der Waals surface area contributed by atoms with Gasteiger partial charge < -0.3 is 15.7 Å². The van der Waals surface area contributed by atoms with Crippen LogP contribution in [0.25, 0.3) is 0 Å². The number of nitro groups is 1. The number of halogens is 2. The summed E-state index contributed by atoms with van der Waals surface area (Å²) in [6.45, 7) is -1.03. The van der Waals surface area contributed by atoms with Gasteiger partial charge in [-0.15, -0.1) is 0 Å². The maximum absolute atomic E-state index is 13.2. The van der Waals surface area contributed by atoms with Crippen LogP contribution >= 0.6 is 11.6 Å². The second-order valence-corrected chi connectivity index (χ2v) is 3.97. The van der Waals surface area contributed by atoms with E-state index in [2.05, 4.69) is 5.32 Å². The van der Waals surface area contributed by atoms with Crippen LogP contribution in [0.4, 0.5) is 15.8 Å². The number of carbonyl (C=O) groups is 2. The van der Waals surface area contributed by atoms with E-state index in [9.17, 15) is 24.1 Å². The van der Waals surface area contributed by atoms with Crippen molar-refractivity contribution in [3.63, 3.8) is 0 Å². The summed E-state index contributed by atoms with van der Waals surface area (Å²) in [5.41, 5.74) is -0.732. The Balaban J connectivity index is 2.77. The monoisotopic (exact) mass is 305 g/mol. The van der Waals surface area contributed by atoms with Crippen molar-refractivity contribution in [3.05, 3.63) is 33.1 Å². The summed E-state index contributed by atoms with van der Waals surface area (Å²) in [6, 6.07) is 1.60. The third-order valence-electron chi connectivity index (χ3n) is 2.11. The Hall–Kier alpha value is -2.42. The molecule has 0 fully saturated rings. The van der Waals surface area contributed by atoms with Gasteiger partial charge in [0.05, 0.1) is 16.5 Å². The maximum atomic E-state index is 13.2. The lowest BCUT2D eigenvalue weighted by molar-refractivity contribution is -0.384. The van der Waals surface area contributed by atoms with Gasteiger partial charge in [0.25, 0.3) is 5.69 Å². The van der Waals surface area contributed by atoms with Gasteiger partial charge in [0.2, 0.25) is 5.91 Å². The van der Waals surface area contributed by atoms with Crippen LogP contribution in [0.5, 0.6) is 0 Å². The number of nitro benzene ring substituents is 1. The molecule has 0 radical (unpaired) electrons. The molecule has 0 unspecified atom stereocenters. The highest BCUT2D eigenvalue weighted by molar-refractivity contribution is 6.31. The average Bonchev–Trinajstić information content (AvgIpc) is 2.36. The highest BCUT2D eigenvalue weighted by Crippen LogP contribution is 2.30. The molecule has 20 heavy (non-hydrogen) atoms. The Morgan fingerprint density at radius 2 is 2.05 bits per heavy atom. The number of carboxylic acids is 1. The van der Waals surface area contributed by atoms with Crippen molar-refractivity contribution in [1.29, 1.82) is 0 Å². The number of hydrogen-bond acceptors (Lipinski definition) is 5. The van der Waals surface area contributed by atoms with Crippen molar-refractivity contribution >= 4 is 34.9 Å². The van der Waals surface area contributed by atoms with E-state index >= 15 is 0 Å². The van der Waals surface area contributed by atoms with E-state index in [1.165, 1.54) is 0 Å². The number of benzene rings is 1. The molecule has 0 aliphatic carbocycles. The molecule has 0 saturated heterocycles. The highest BCUT2D eigenvalue weighted by Gasteiger charge is 2.18. The van der Waals surface area contributed by atoms with Crippen LogP contribution < -0.4 is 10.6 Å². The molecule has 0 heterocycles. The van der Waals surface area contributed by atoms with Crippen molar-refractivity contribution in [3.8, 4) is 0 Å². The van der Waals surface area contributed by atoms with Gasteiger partial charge in [-0.2, -0.15) is 0 Å². The fourth-order valence-corrected chi connectivity index (χ4v) is 1.40. The number of anilines is 1. The largest absolute Gasteiger partial charge is 0.480 e. The van der Waals surface area contributed by atoms with E-state index in [-0.39, 0.29) is 5.69 Å². The van der Waals surface area contributed by atoms with Crippen molar-refractivity contribution in [2.24, 2.45) is 0 Å². The lowest BCUT2D eigenvalue weighted by Crippen LogP contribution is -2.33. The summed E-state index contributed by atoms with van der Waals surface area (Å²) >= 11 is 5.43. The third kappa shape index (κ3) is 4.35. The molecule has 8 nitrogen and oxygen atoms in total. The number of nitrogens with one attached hydrogen (secondary N) is 2. The number of aliphatic carboxylic acids is 1. The Morgan fingerprint density at radius 3 is 2.60 bits per heavy atom. The van der Waals surface area contributed by atoms with E-state index in [0.717, 1.165) is 12.1 Å². The first-order chi connectivity index (χ1) is 9.31. The van der Waals surface area contributed by atoms with Crippen molar-refractivity contribution in [1.82, 2.24) is 5.32 Å². The predicted octanol–water partition coefficient (Wildman–Crippen LogP) is 1.000. The maximum Gasteiger partial charge on any atom is 0.322 e. The van der Waals surface area contributed by atoms with E-state index in [4.69, 9.17) is 16.7 Å². The molecule has 0 aliphatic heterocycles. The first-order valence-electron chi connectivity index (χ1n) is 5.17. The second-order valence-electron chi connectivity index (χ2n) is 3.56. The van der Waals surface area contributed by atoms with Crippen LogP contribution in [0, 0.1) is 15.9 Å². The zero-order valence-corrected chi connectivity index (χ0v) is 10.6. The molecule has 0 aromatic heterocycles. The molecule has 0 atom stereocenters. The zero-order chi connectivity index (χ0) is 15.3. The SMILES string of the molecule is O=C(O)CNC(=O)CNc1cc(F)c(Cl)cc1[N+](=O)[O-]. The van der Waals surface area contributed by atoms with Crippen molar-refractivity contribution in [2.75, 3.05) is 18.4 Å². The number of carbonyl (C=O) groups excluding carboxylic acids is 1. The van der Waals surface area contributed by atoms with Gasteiger partial charge in [-0.05, 0) is 0 Å². The number of amides is 1. The lowest BCUT2D eigenvalue weighted by atomic mass is 10.2. The van der Waals surface area contributed by atoms with Gasteiger partial charge in [-0.1, -0.05) is 11.6 Å². The number of carboxylic acid groups (broad SMARTS) is 1. The average molecular weight is 306 g/mol. The second kappa shape index (κ2) is 6.66. The Labute approximate surface area is 116 Å². The van der Waals surface area contributed by atoms with E-state index < -0.39 is 46.4 Å². The molecule has 3 N–H and O–H groups in total. The third-order valence-corrected chi connectivity index (χ3v) is 2.40. The van der Waals surface area contributed by atoms with Gasteiger partial charge in [0.1, 0.15) is 18.0 Å². The molecule has 1 aromatic carbocycles. The fraction of sp³-hybridized carbons (Fsp3) is 0.200. The Bertz CT molecular complexity index is 566. The van der Waals surface area contributed by atoms with E-state index in [1.807, 2.05) is 5.32 Å². The highest BCUT2D eigenvalue weighted by atomic mass is 35.5. The van der Waals surface area contributed by atoms with Crippen LogP contribution in [0.3, 0.4) is 0 Å². The summed E-state index contributed by atoms with van der Waals surface area (Å²) in [6.07, 6.45) is 0. The quantitative estimate of drug-likeness (QED) is 0.532. The van der Waals surface area contributed by atoms with Crippen molar-refractivity contribution < 1.29 is 24.0 Å². The lowest BCUT2D eigenvalue weighted by Gasteiger charge is -2.08. The summed E-state index contributed by atoms with van der Waals surface area (Å²) in [5, 5.41) is 23.1. The standard InChI is InChI=1S/C10H9ClFN3O5/c11-5-1-8(15(19)20)7(2-6(5)12)13-3-9(16)14-4-10(17)18/h1-2,13H,3-4H2,(H,14,16)(H,17,18). The van der Waals surface area contributed by atoms with Crippen LogP contribution in [0.2, 0.25) is 5.02 Å². The van der Waals surface area contributed by atoms with Crippen LogP contribution in [0.15, 0.2) is 12.1 Å². The minimum Gasteiger partial charge on any atom is -0.480 e. The Kier molecular flexibility index (Phi) is 5.21. The van der Waals surface area contributed by atoms with Gasteiger partial charge in [-0.25, -0.2) is 4.39 Å². The number of nitrogens with zero attached hydrogens (tertiary/aromatic N) is 1. The normalized spacial score (nSPS) is 9.90. The van der Waals surface area contributed by atoms with Crippen LogP contribution in [0.1, 0.15) is 0 Å². The van der Waals surface area contributed by atoms with Gasteiger partial charge in [0, 0.05) is 12.1 Å². The fourth-order valence-electron chi connectivity index (χ4n) is 1.24. The molecule has 10 heteroatoms. The zero-order valence-electron chi connectivity index (χ0n) is 9.85. The molecule has 1 aromatic rings. The van der Waals surface area contributed by atoms with Crippen molar-refractivity contribution in [2.45, 2.75) is 0 Å². The number of hydrogen-bond donors (Lipinski definition) is 3. The molecular formula is C10H9ClFN3O5. The molecule has 1 rings (SSSR count). The van der Waals surface area contributed by atoms with Gasteiger partial charge in [-0.3, -0.25) is 19.7 Å². The summed E-state index contributed by atoms with van der Waals surface area (Å²) in [5.74, 6) is -2.83. The first kappa shape index (κ1) is 15.6. The topological polar surface area (TPSA) is 122 Å². The summed E-state index contributed by atoms with van der Waals surface area (Å²) in [4.78, 5) is 31.4.